The van der Waals surface area contributed by atoms with Gasteiger partial charge in [0.1, 0.15) is 5.82 Å². The molecular weight excluding hydrogens is 314 g/mol. The van der Waals surface area contributed by atoms with E-state index in [2.05, 4.69) is 15.3 Å². The maximum Gasteiger partial charge on any atom is 0.258 e. The molecule has 7 heteroatoms. The van der Waals surface area contributed by atoms with Gasteiger partial charge in [0.25, 0.3) is 5.91 Å². The Kier molecular flexibility index (Phi) is 3.79. The number of aromatic nitrogens is 2. The van der Waals surface area contributed by atoms with Crippen LogP contribution in [0.3, 0.4) is 0 Å². The second kappa shape index (κ2) is 5.77. The molecule has 0 aliphatic heterocycles. The van der Waals surface area contributed by atoms with Crippen LogP contribution in [-0.2, 0) is 9.84 Å². The Labute approximate surface area is 133 Å². The topological polar surface area (TPSA) is 89.0 Å². The van der Waals surface area contributed by atoms with Gasteiger partial charge in [0, 0.05) is 24.0 Å². The average Bonchev–Trinajstić information content (AvgIpc) is 2.54. The highest BCUT2D eigenvalue weighted by atomic mass is 32.2. The summed E-state index contributed by atoms with van der Waals surface area (Å²) in [7, 11) is -3.39. The molecule has 6 nitrogen and oxygen atoms in total. The Balaban J connectivity index is 1.89. The molecule has 0 aliphatic rings. The Morgan fingerprint density at radius 2 is 1.83 bits per heavy atom. The van der Waals surface area contributed by atoms with E-state index in [0.29, 0.717) is 5.82 Å². The molecule has 0 unspecified atom stereocenters. The van der Waals surface area contributed by atoms with Gasteiger partial charge in [-0.25, -0.2) is 18.4 Å². The minimum atomic E-state index is -3.39. The summed E-state index contributed by atoms with van der Waals surface area (Å²) in [5, 5.41) is 4.43. The number of amides is 1. The molecule has 23 heavy (non-hydrogen) atoms. The van der Waals surface area contributed by atoms with Gasteiger partial charge in [-0.1, -0.05) is 24.3 Å². The molecule has 0 bridgehead atoms. The van der Waals surface area contributed by atoms with Crippen molar-refractivity contribution in [2.75, 3.05) is 11.6 Å². The molecule has 0 aliphatic carbocycles. The lowest BCUT2D eigenvalue weighted by atomic mass is 10.1. The summed E-state index contributed by atoms with van der Waals surface area (Å²) in [5.41, 5.74) is 0.257. The van der Waals surface area contributed by atoms with E-state index in [9.17, 15) is 13.2 Å². The zero-order valence-electron chi connectivity index (χ0n) is 12.2. The highest BCUT2D eigenvalue weighted by Gasteiger charge is 2.13. The van der Waals surface area contributed by atoms with E-state index in [1.165, 1.54) is 18.3 Å². The molecule has 0 saturated heterocycles. The van der Waals surface area contributed by atoms with Crippen molar-refractivity contribution in [3.05, 3.63) is 60.4 Å². The first kappa shape index (κ1) is 15.1. The standard InChI is InChI=1S/C16H13N3O3S/c1-23(21,22)14-7-6-12(10-18-14)16(20)19-15-13-5-3-2-4-11(13)8-9-17-15/h2-10H,1H3,(H,17,19,20). The summed E-state index contributed by atoms with van der Waals surface area (Å²) in [5.74, 6) is 0.0432. The van der Waals surface area contributed by atoms with Crippen molar-refractivity contribution >= 4 is 32.3 Å². The number of fused-ring (bicyclic) bond motifs is 1. The molecule has 0 spiro atoms. The van der Waals surface area contributed by atoms with Crippen LogP contribution in [0, 0.1) is 0 Å². The van der Waals surface area contributed by atoms with Crippen LogP contribution in [0.2, 0.25) is 0 Å². The summed E-state index contributed by atoms with van der Waals surface area (Å²) in [6.45, 7) is 0. The van der Waals surface area contributed by atoms with E-state index in [0.717, 1.165) is 17.0 Å². The Morgan fingerprint density at radius 1 is 1.04 bits per heavy atom. The van der Waals surface area contributed by atoms with Crippen LogP contribution in [0.1, 0.15) is 10.4 Å². The van der Waals surface area contributed by atoms with Crippen LogP contribution < -0.4 is 5.32 Å². The molecular formula is C16H13N3O3S. The zero-order chi connectivity index (χ0) is 16.4. The number of nitrogens with zero attached hydrogens (tertiary/aromatic N) is 2. The predicted molar refractivity (Wildman–Crippen MR) is 87.0 cm³/mol. The van der Waals surface area contributed by atoms with Gasteiger partial charge in [0.15, 0.2) is 14.9 Å². The van der Waals surface area contributed by atoms with Crippen LogP contribution in [0.25, 0.3) is 10.8 Å². The van der Waals surface area contributed by atoms with E-state index < -0.39 is 15.7 Å². The summed E-state index contributed by atoms with van der Waals surface area (Å²) in [6, 6.07) is 12.1. The zero-order valence-corrected chi connectivity index (χ0v) is 13.0. The Bertz CT molecular complexity index is 978. The molecule has 0 atom stereocenters. The first-order valence-electron chi connectivity index (χ1n) is 6.76. The van der Waals surface area contributed by atoms with E-state index in [-0.39, 0.29) is 10.6 Å². The molecule has 1 amide bonds. The lowest BCUT2D eigenvalue weighted by molar-refractivity contribution is 0.102. The largest absolute Gasteiger partial charge is 0.306 e. The molecule has 0 fully saturated rings. The van der Waals surface area contributed by atoms with Crippen LogP contribution >= 0.6 is 0 Å². The number of sulfone groups is 1. The van der Waals surface area contributed by atoms with Gasteiger partial charge >= 0.3 is 0 Å². The van der Waals surface area contributed by atoms with Gasteiger partial charge in [-0.15, -0.1) is 0 Å². The first-order valence-corrected chi connectivity index (χ1v) is 8.65. The summed E-state index contributed by atoms with van der Waals surface area (Å²) in [4.78, 5) is 20.3. The highest BCUT2D eigenvalue weighted by molar-refractivity contribution is 7.90. The second-order valence-electron chi connectivity index (χ2n) is 4.99. The normalized spacial score (nSPS) is 11.3. The third-order valence-electron chi connectivity index (χ3n) is 3.28. The summed E-state index contributed by atoms with van der Waals surface area (Å²) >= 11 is 0. The number of carbonyl (C=O) groups is 1. The van der Waals surface area contributed by atoms with Gasteiger partial charge < -0.3 is 5.32 Å². The van der Waals surface area contributed by atoms with Crippen molar-refractivity contribution in [2.24, 2.45) is 0 Å². The number of rotatable bonds is 3. The van der Waals surface area contributed by atoms with Gasteiger partial charge in [0.05, 0.1) is 5.56 Å². The fourth-order valence-electron chi connectivity index (χ4n) is 2.13. The number of anilines is 1. The van der Waals surface area contributed by atoms with Gasteiger partial charge in [-0.3, -0.25) is 4.79 Å². The number of nitrogens with one attached hydrogen (secondary N) is 1. The van der Waals surface area contributed by atoms with Crippen molar-refractivity contribution in [1.82, 2.24) is 9.97 Å². The number of carbonyl (C=O) groups excluding carboxylic acids is 1. The highest BCUT2D eigenvalue weighted by Crippen LogP contribution is 2.21. The second-order valence-corrected chi connectivity index (χ2v) is 6.95. The molecule has 3 aromatic rings. The third-order valence-corrected chi connectivity index (χ3v) is 4.29. The maximum absolute atomic E-state index is 12.3. The molecule has 3 rings (SSSR count). The van der Waals surface area contributed by atoms with Crippen LogP contribution in [0.4, 0.5) is 5.82 Å². The number of hydrogen-bond acceptors (Lipinski definition) is 5. The predicted octanol–water partition coefficient (Wildman–Crippen LogP) is 2.29. The van der Waals surface area contributed by atoms with Crippen LogP contribution in [0.15, 0.2) is 59.9 Å². The minimum Gasteiger partial charge on any atom is -0.306 e. The van der Waals surface area contributed by atoms with Gasteiger partial charge in [-0.2, -0.15) is 0 Å². The SMILES string of the molecule is CS(=O)(=O)c1ccc(C(=O)Nc2nccc3ccccc23)cn1. The van der Waals surface area contributed by atoms with Crippen molar-refractivity contribution in [3.63, 3.8) is 0 Å². The maximum atomic E-state index is 12.3. The minimum absolute atomic E-state index is 0.0719. The quantitative estimate of drug-likeness (QED) is 0.797. The monoisotopic (exact) mass is 327 g/mol. The number of hydrogen-bond donors (Lipinski definition) is 1. The van der Waals surface area contributed by atoms with E-state index in [4.69, 9.17) is 0 Å². The summed E-state index contributed by atoms with van der Waals surface area (Å²) < 4.78 is 22.8. The molecule has 0 saturated carbocycles. The lowest BCUT2D eigenvalue weighted by Crippen LogP contribution is -2.14. The van der Waals surface area contributed by atoms with Crippen molar-refractivity contribution in [1.29, 1.82) is 0 Å². The summed E-state index contributed by atoms with van der Waals surface area (Å²) in [6.07, 6.45) is 3.91. The smallest absolute Gasteiger partial charge is 0.258 e. The molecule has 0 radical (unpaired) electrons. The number of pyridine rings is 2. The van der Waals surface area contributed by atoms with Crippen LogP contribution in [0.5, 0.6) is 0 Å². The molecule has 2 aromatic heterocycles. The molecule has 2 heterocycles. The van der Waals surface area contributed by atoms with Crippen molar-refractivity contribution in [2.45, 2.75) is 5.03 Å². The fraction of sp³-hybridized carbons (Fsp3) is 0.0625. The Hall–Kier alpha value is -2.80. The fourth-order valence-corrected chi connectivity index (χ4v) is 2.69. The van der Waals surface area contributed by atoms with E-state index in [1.807, 2.05) is 30.3 Å². The molecule has 1 N–H and O–H groups in total. The van der Waals surface area contributed by atoms with Crippen molar-refractivity contribution in [3.8, 4) is 0 Å². The van der Waals surface area contributed by atoms with Gasteiger partial charge in [0.2, 0.25) is 0 Å². The van der Waals surface area contributed by atoms with E-state index >= 15 is 0 Å². The first-order chi connectivity index (χ1) is 10.9. The van der Waals surface area contributed by atoms with Crippen molar-refractivity contribution < 1.29 is 13.2 Å². The van der Waals surface area contributed by atoms with Gasteiger partial charge in [-0.05, 0) is 23.6 Å². The Morgan fingerprint density at radius 3 is 2.52 bits per heavy atom. The molecule has 116 valence electrons. The van der Waals surface area contributed by atoms with E-state index in [1.54, 1.807) is 6.20 Å². The molecule has 1 aromatic carbocycles. The average molecular weight is 327 g/mol. The lowest BCUT2D eigenvalue weighted by Gasteiger charge is -2.07. The number of benzene rings is 1. The third kappa shape index (κ3) is 3.19. The van der Waals surface area contributed by atoms with Crippen LogP contribution in [-0.4, -0.2) is 30.5 Å².